The topological polar surface area (TPSA) is 75.8 Å². The first-order valence-electron chi connectivity index (χ1n) is 8.05. The Morgan fingerprint density at radius 1 is 1.42 bits per heavy atom. The third-order valence-electron chi connectivity index (χ3n) is 4.54. The molecule has 1 aliphatic rings. The Kier molecular flexibility index (Phi) is 4.97. The minimum Gasteiger partial charge on any atom is -0.478 e. The summed E-state index contributed by atoms with van der Waals surface area (Å²) in [6.07, 6.45) is 0.878. The molecule has 0 saturated carbocycles. The number of carboxylic acid groups (broad SMARTS) is 1. The van der Waals surface area contributed by atoms with E-state index >= 15 is 0 Å². The van der Waals surface area contributed by atoms with Gasteiger partial charge in [-0.25, -0.2) is 4.79 Å². The Hall–Kier alpha value is -2.18. The zero-order chi connectivity index (χ0) is 17.1. The molecule has 1 aliphatic heterocycles. The first-order chi connectivity index (χ1) is 11.6. The number of methoxy groups -OCH3 is 1. The molecule has 0 amide bonds. The first kappa shape index (κ1) is 16.7. The maximum Gasteiger partial charge on any atom is 0.336 e. The van der Waals surface area contributed by atoms with E-state index in [9.17, 15) is 9.90 Å². The second-order valence-electron chi connectivity index (χ2n) is 6.33. The van der Waals surface area contributed by atoms with Crippen LogP contribution < -0.4 is 0 Å². The molecule has 0 spiro atoms. The number of nitrogens with zero attached hydrogens (tertiary/aromatic N) is 2. The molecule has 24 heavy (non-hydrogen) atoms. The van der Waals surface area contributed by atoms with Gasteiger partial charge >= 0.3 is 5.97 Å². The molecular weight excluding hydrogens is 308 g/mol. The lowest BCUT2D eigenvalue weighted by atomic mass is 10.0. The number of likely N-dealkylation sites (tertiary alicyclic amines) is 1. The number of aromatic carboxylic acids is 1. The molecule has 128 valence electrons. The van der Waals surface area contributed by atoms with Gasteiger partial charge in [-0.3, -0.25) is 4.90 Å². The van der Waals surface area contributed by atoms with Gasteiger partial charge in [0.25, 0.3) is 0 Å². The number of carboxylic acids is 1. The smallest absolute Gasteiger partial charge is 0.336 e. The second kappa shape index (κ2) is 7.15. The summed E-state index contributed by atoms with van der Waals surface area (Å²) in [6, 6.07) is 9.11. The number of aromatic nitrogens is 1. The molecule has 2 heterocycles. The summed E-state index contributed by atoms with van der Waals surface area (Å²) in [5, 5.41) is 13.3. The molecule has 1 aromatic heterocycles. The lowest BCUT2D eigenvalue weighted by molar-refractivity contribution is 0.0693. The van der Waals surface area contributed by atoms with Crippen LogP contribution >= 0.6 is 0 Å². The molecule has 0 aliphatic carbocycles. The third-order valence-corrected chi connectivity index (χ3v) is 4.54. The number of benzene rings is 1. The van der Waals surface area contributed by atoms with Crippen LogP contribution in [0.2, 0.25) is 0 Å². The van der Waals surface area contributed by atoms with Crippen molar-refractivity contribution >= 4 is 5.97 Å². The summed E-state index contributed by atoms with van der Waals surface area (Å²) in [6.45, 7) is 4.13. The highest BCUT2D eigenvalue weighted by Gasteiger charge is 2.34. The van der Waals surface area contributed by atoms with Crippen molar-refractivity contribution in [2.45, 2.75) is 26.0 Å². The van der Waals surface area contributed by atoms with Gasteiger partial charge in [0.2, 0.25) is 0 Å². The Morgan fingerprint density at radius 3 is 2.88 bits per heavy atom. The van der Waals surface area contributed by atoms with E-state index in [2.05, 4.69) is 10.1 Å². The van der Waals surface area contributed by atoms with Crippen molar-refractivity contribution in [3.05, 3.63) is 52.9 Å². The van der Waals surface area contributed by atoms with Gasteiger partial charge in [-0.1, -0.05) is 23.4 Å². The van der Waals surface area contributed by atoms with Crippen LogP contribution in [0.4, 0.5) is 0 Å². The molecule has 6 nitrogen and oxygen atoms in total. The predicted octanol–water partition coefficient (Wildman–Crippen LogP) is 2.37. The fraction of sp³-hybridized carbons (Fsp3) is 0.444. The normalized spacial score (nSPS) is 21.2. The fourth-order valence-corrected chi connectivity index (χ4v) is 3.40. The summed E-state index contributed by atoms with van der Waals surface area (Å²) in [5.41, 5.74) is 2.07. The number of ether oxygens (including phenoxy) is 1. The minimum atomic E-state index is -0.887. The quantitative estimate of drug-likeness (QED) is 0.876. The van der Waals surface area contributed by atoms with E-state index in [1.54, 1.807) is 19.2 Å². The van der Waals surface area contributed by atoms with Crippen molar-refractivity contribution in [3.8, 4) is 0 Å². The van der Waals surface area contributed by atoms with Crippen LogP contribution in [-0.4, -0.2) is 47.4 Å². The van der Waals surface area contributed by atoms with Crippen molar-refractivity contribution < 1.29 is 19.2 Å². The number of hydrogen-bond acceptors (Lipinski definition) is 5. The van der Waals surface area contributed by atoms with Crippen LogP contribution in [0.1, 0.15) is 27.4 Å². The maximum absolute atomic E-state index is 11.4. The Balaban J connectivity index is 1.69. The molecule has 3 rings (SSSR count). The molecular formula is C18H22N2O4. The highest BCUT2D eigenvalue weighted by molar-refractivity contribution is 5.89. The average molecular weight is 330 g/mol. The van der Waals surface area contributed by atoms with Gasteiger partial charge in [0.05, 0.1) is 17.4 Å². The fourth-order valence-electron chi connectivity index (χ4n) is 3.40. The number of rotatable bonds is 6. The monoisotopic (exact) mass is 330 g/mol. The van der Waals surface area contributed by atoms with Gasteiger partial charge in [0.1, 0.15) is 5.76 Å². The highest BCUT2D eigenvalue weighted by Crippen LogP contribution is 2.26. The van der Waals surface area contributed by atoms with Crippen molar-refractivity contribution in [3.63, 3.8) is 0 Å². The molecule has 1 saturated heterocycles. The van der Waals surface area contributed by atoms with E-state index in [-0.39, 0.29) is 6.10 Å². The van der Waals surface area contributed by atoms with Crippen LogP contribution in [0.25, 0.3) is 0 Å². The van der Waals surface area contributed by atoms with Crippen molar-refractivity contribution in [1.29, 1.82) is 0 Å². The zero-order valence-corrected chi connectivity index (χ0v) is 13.9. The van der Waals surface area contributed by atoms with Gasteiger partial charge in [-0.2, -0.15) is 0 Å². The first-order valence-corrected chi connectivity index (χ1v) is 8.05. The molecule has 0 radical (unpaired) electrons. The van der Waals surface area contributed by atoms with Crippen LogP contribution in [0.15, 0.2) is 34.9 Å². The zero-order valence-electron chi connectivity index (χ0n) is 13.9. The van der Waals surface area contributed by atoms with Crippen LogP contribution in [0.5, 0.6) is 0 Å². The van der Waals surface area contributed by atoms with Gasteiger partial charge in [0.15, 0.2) is 0 Å². The Bertz CT molecular complexity index is 713. The molecule has 1 N–H and O–H groups in total. The number of carbonyl (C=O) groups is 1. The van der Waals surface area contributed by atoms with Crippen LogP contribution in [0.3, 0.4) is 0 Å². The van der Waals surface area contributed by atoms with E-state index in [4.69, 9.17) is 9.26 Å². The van der Waals surface area contributed by atoms with Crippen molar-refractivity contribution in [2.75, 3.05) is 20.2 Å². The van der Waals surface area contributed by atoms with E-state index in [1.807, 2.05) is 25.1 Å². The molecule has 2 aromatic rings. The van der Waals surface area contributed by atoms with E-state index in [1.165, 1.54) is 0 Å². The lowest BCUT2D eigenvalue weighted by Crippen LogP contribution is -2.23. The van der Waals surface area contributed by atoms with Crippen LogP contribution in [-0.2, 0) is 17.7 Å². The van der Waals surface area contributed by atoms with Crippen molar-refractivity contribution in [2.24, 2.45) is 5.92 Å². The summed E-state index contributed by atoms with van der Waals surface area (Å²) in [4.78, 5) is 13.6. The highest BCUT2D eigenvalue weighted by atomic mass is 16.5. The SMILES string of the molecule is CO[C@H]1CN(Cc2ccccc2C(=O)O)C[C@H]1Cc1cc(C)no1. The maximum atomic E-state index is 11.4. The largest absolute Gasteiger partial charge is 0.478 e. The predicted molar refractivity (Wildman–Crippen MR) is 87.9 cm³/mol. The molecule has 2 atom stereocenters. The van der Waals surface area contributed by atoms with Gasteiger partial charge in [0, 0.05) is 45.1 Å². The molecule has 6 heteroatoms. The van der Waals surface area contributed by atoms with Gasteiger partial charge in [-0.05, 0) is 18.6 Å². The molecule has 0 unspecified atom stereocenters. The summed E-state index contributed by atoms with van der Waals surface area (Å²) >= 11 is 0. The van der Waals surface area contributed by atoms with E-state index in [0.717, 1.165) is 36.5 Å². The Morgan fingerprint density at radius 2 is 2.21 bits per heavy atom. The second-order valence-corrected chi connectivity index (χ2v) is 6.33. The Labute approximate surface area is 141 Å². The van der Waals surface area contributed by atoms with E-state index in [0.29, 0.717) is 18.0 Å². The molecule has 1 fully saturated rings. The standard InChI is InChI=1S/C18H22N2O4/c1-12-7-15(24-19-12)8-14-10-20(11-17(14)23-2)9-13-5-3-4-6-16(13)18(21)22/h3-7,14,17H,8-11H2,1-2H3,(H,21,22)/t14-,17+/m1/s1. The lowest BCUT2D eigenvalue weighted by Gasteiger charge is -2.16. The summed E-state index contributed by atoms with van der Waals surface area (Å²) in [7, 11) is 1.72. The molecule has 1 aromatic carbocycles. The summed E-state index contributed by atoms with van der Waals surface area (Å²) < 4.78 is 10.9. The number of aryl methyl sites for hydroxylation is 1. The summed E-state index contributed by atoms with van der Waals surface area (Å²) in [5.74, 6) is 0.286. The minimum absolute atomic E-state index is 0.104. The number of hydrogen-bond donors (Lipinski definition) is 1. The van der Waals surface area contributed by atoms with Gasteiger partial charge < -0.3 is 14.4 Å². The van der Waals surface area contributed by atoms with Crippen LogP contribution in [0, 0.1) is 12.8 Å². The van der Waals surface area contributed by atoms with E-state index < -0.39 is 5.97 Å². The third kappa shape index (κ3) is 3.66. The molecule has 0 bridgehead atoms. The van der Waals surface area contributed by atoms with Gasteiger partial charge in [-0.15, -0.1) is 0 Å². The van der Waals surface area contributed by atoms with Crippen molar-refractivity contribution in [1.82, 2.24) is 10.1 Å². The average Bonchev–Trinajstić information content (AvgIpc) is 3.14.